The summed E-state index contributed by atoms with van der Waals surface area (Å²) in [5.74, 6) is 0. The lowest BCUT2D eigenvalue weighted by molar-refractivity contribution is 0.163. The lowest BCUT2D eigenvalue weighted by atomic mass is 10.2. The first-order valence-electron chi connectivity index (χ1n) is 3.46. The summed E-state index contributed by atoms with van der Waals surface area (Å²) in [6, 6.07) is -1.09. The van der Waals surface area contributed by atoms with Gasteiger partial charge in [0.25, 0.3) is 0 Å². The van der Waals surface area contributed by atoms with Crippen LogP contribution in [0.15, 0.2) is 0 Å². The van der Waals surface area contributed by atoms with Crippen LogP contribution in [0.2, 0.25) is 0 Å². The van der Waals surface area contributed by atoms with Gasteiger partial charge >= 0.3 is 6.03 Å². The van der Waals surface area contributed by atoms with Crippen molar-refractivity contribution in [2.75, 3.05) is 13.2 Å². The van der Waals surface area contributed by atoms with Gasteiger partial charge in [-0.05, 0) is 0 Å². The van der Waals surface area contributed by atoms with Gasteiger partial charge in [-0.15, -0.1) is 0 Å². The molecule has 1 aliphatic heterocycles. The number of halogens is 1. The van der Waals surface area contributed by atoms with Gasteiger partial charge in [0.05, 0.1) is 19.2 Å². The van der Waals surface area contributed by atoms with E-state index in [1.807, 2.05) is 0 Å². The van der Waals surface area contributed by atoms with Crippen LogP contribution >= 0.6 is 0 Å². The maximum atomic E-state index is 12.6. The Hall–Kier alpha value is -0.840. The number of alkyl halides is 1. The Labute approximate surface area is 63.8 Å². The van der Waals surface area contributed by atoms with Crippen molar-refractivity contribution in [3.8, 4) is 0 Å². The highest BCUT2D eigenvalue weighted by atomic mass is 19.1. The smallest absolute Gasteiger partial charge is 0.315 e. The van der Waals surface area contributed by atoms with Crippen molar-refractivity contribution in [1.29, 1.82) is 0 Å². The fourth-order valence-corrected chi connectivity index (χ4v) is 1.30. The van der Waals surface area contributed by atoms with Crippen molar-refractivity contribution in [1.82, 2.24) is 4.90 Å². The fraction of sp³-hybridized carbons (Fsp3) is 0.833. The minimum Gasteiger partial charge on any atom is -0.394 e. The summed E-state index contributed by atoms with van der Waals surface area (Å²) in [6.07, 6.45) is -0.848. The lowest BCUT2D eigenvalue weighted by Crippen LogP contribution is -2.41. The Morgan fingerprint density at radius 1 is 1.82 bits per heavy atom. The van der Waals surface area contributed by atoms with E-state index >= 15 is 0 Å². The molecule has 11 heavy (non-hydrogen) atoms. The zero-order chi connectivity index (χ0) is 8.43. The number of urea groups is 1. The third-order valence-electron chi connectivity index (χ3n) is 1.86. The lowest BCUT2D eigenvalue weighted by Gasteiger charge is -2.19. The second-order valence-electron chi connectivity index (χ2n) is 2.66. The maximum Gasteiger partial charge on any atom is 0.315 e. The molecule has 0 aromatic rings. The quantitative estimate of drug-likeness (QED) is 0.544. The monoisotopic (exact) mass is 162 g/mol. The molecule has 2 atom stereocenters. The number of hydrogen-bond donors (Lipinski definition) is 2. The van der Waals surface area contributed by atoms with Crippen molar-refractivity contribution in [3.05, 3.63) is 0 Å². The van der Waals surface area contributed by atoms with E-state index in [1.165, 1.54) is 0 Å². The molecule has 1 fully saturated rings. The van der Waals surface area contributed by atoms with E-state index in [9.17, 15) is 9.18 Å². The normalized spacial score (nSPS) is 30.9. The van der Waals surface area contributed by atoms with Crippen molar-refractivity contribution >= 4 is 6.03 Å². The van der Waals surface area contributed by atoms with Gasteiger partial charge in [-0.3, -0.25) is 0 Å². The van der Waals surface area contributed by atoms with Crippen molar-refractivity contribution < 1.29 is 14.3 Å². The SMILES string of the molecule is NC(=O)N1CC(F)CC1CO. The van der Waals surface area contributed by atoms with Gasteiger partial charge in [0.1, 0.15) is 6.17 Å². The average Bonchev–Trinajstić information content (AvgIpc) is 2.30. The molecule has 1 heterocycles. The van der Waals surface area contributed by atoms with Crippen molar-refractivity contribution in [3.63, 3.8) is 0 Å². The first-order valence-corrected chi connectivity index (χ1v) is 3.46. The maximum absolute atomic E-state index is 12.6. The molecule has 3 N–H and O–H groups in total. The molecule has 0 aliphatic carbocycles. The molecule has 0 bridgehead atoms. The van der Waals surface area contributed by atoms with Crippen LogP contribution in [0.3, 0.4) is 0 Å². The first kappa shape index (κ1) is 8.26. The molecule has 0 aromatic carbocycles. The van der Waals surface area contributed by atoms with Crippen LogP contribution < -0.4 is 5.73 Å². The molecule has 5 heteroatoms. The molecule has 0 aromatic heterocycles. The Kier molecular flexibility index (Phi) is 2.28. The topological polar surface area (TPSA) is 66.6 Å². The van der Waals surface area contributed by atoms with Gasteiger partial charge in [-0.25, -0.2) is 9.18 Å². The highest BCUT2D eigenvalue weighted by molar-refractivity contribution is 5.72. The van der Waals surface area contributed by atoms with Crippen LogP contribution in [0.5, 0.6) is 0 Å². The Balaban J connectivity index is 2.57. The number of carbonyl (C=O) groups excluding carboxylic acids is 1. The third-order valence-corrected chi connectivity index (χ3v) is 1.86. The van der Waals surface area contributed by atoms with Crippen LogP contribution in [0.1, 0.15) is 6.42 Å². The molecule has 0 spiro atoms. The second kappa shape index (κ2) is 3.04. The first-order chi connectivity index (χ1) is 5.15. The number of likely N-dealkylation sites (tertiary alicyclic amines) is 1. The van der Waals surface area contributed by atoms with Gasteiger partial charge in [0.15, 0.2) is 0 Å². The summed E-state index contributed by atoms with van der Waals surface area (Å²) in [7, 11) is 0. The molecule has 2 unspecified atom stereocenters. The largest absolute Gasteiger partial charge is 0.394 e. The molecule has 64 valence electrons. The Bertz CT molecular complexity index is 165. The van der Waals surface area contributed by atoms with Crippen LogP contribution in [-0.4, -0.2) is 41.4 Å². The molecule has 1 rings (SSSR count). The number of hydrogen-bond acceptors (Lipinski definition) is 2. The van der Waals surface area contributed by atoms with Crippen molar-refractivity contribution in [2.24, 2.45) is 5.73 Å². The third kappa shape index (κ3) is 1.59. The average molecular weight is 162 g/mol. The van der Waals surface area contributed by atoms with Crippen LogP contribution in [-0.2, 0) is 0 Å². The number of nitrogens with zero attached hydrogens (tertiary/aromatic N) is 1. The number of nitrogens with two attached hydrogens (primary N) is 1. The summed E-state index contributed by atoms with van der Waals surface area (Å²) in [6.45, 7) is -0.204. The molecular formula is C6H11FN2O2. The Morgan fingerprint density at radius 2 is 2.45 bits per heavy atom. The highest BCUT2D eigenvalue weighted by Gasteiger charge is 2.33. The summed E-state index contributed by atoms with van der Waals surface area (Å²) in [5, 5.41) is 8.69. The molecule has 2 amide bonds. The van der Waals surface area contributed by atoms with Crippen molar-refractivity contribution in [2.45, 2.75) is 18.6 Å². The van der Waals surface area contributed by atoms with E-state index in [1.54, 1.807) is 0 Å². The van der Waals surface area contributed by atoms with Crippen LogP contribution in [0.4, 0.5) is 9.18 Å². The number of aliphatic hydroxyl groups is 1. The number of aliphatic hydroxyl groups excluding tert-OH is 1. The summed E-state index contributed by atoms with van der Waals surface area (Å²) >= 11 is 0. The van der Waals surface area contributed by atoms with Gasteiger partial charge in [0, 0.05) is 6.42 Å². The van der Waals surface area contributed by atoms with E-state index < -0.39 is 18.2 Å². The zero-order valence-corrected chi connectivity index (χ0v) is 6.03. The number of primary amides is 1. The van der Waals surface area contributed by atoms with Crippen LogP contribution in [0.25, 0.3) is 0 Å². The van der Waals surface area contributed by atoms with Gasteiger partial charge < -0.3 is 15.7 Å². The second-order valence-corrected chi connectivity index (χ2v) is 2.66. The predicted molar refractivity (Wildman–Crippen MR) is 36.7 cm³/mol. The molecule has 0 radical (unpaired) electrons. The summed E-state index contributed by atoms with van der Waals surface area (Å²) < 4.78 is 12.6. The highest BCUT2D eigenvalue weighted by Crippen LogP contribution is 2.19. The zero-order valence-electron chi connectivity index (χ0n) is 6.03. The molecule has 0 saturated carbocycles. The van der Waals surface area contributed by atoms with Crippen LogP contribution in [0, 0.1) is 0 Å². The van der Waals surface area contributed by atoms with Gasteiger partial charge in [-0.1, -0.05) is 0 Å². The van der Waals surface area contributed by atoms with E-state index in [2.05, 4.69) is 0 Å². The fourth-order valence-electron chi connectivity index (χ4n) is 1.30. The molecule has 1 aliphatic rings. The van der Waals surface area contributed by atoms with Gasteiger partial charge in [-0.2, -0.15) is 0 Å². The molecular weight excluding hydrogens is 151 g/mol. The summed E-state index contributed by atoms with van der Waals surface area (Å²) in [4.78, 5) is 11.7. The summed E-state index contributed by atoms with van der Waals surface area (Å²) in [5.41, 5.74) is 4.94. The van der Waals surface area contributed by atoms with E-state index in [4.69, 9.17) is 10.8 Å². The predicted octanol–water partition coefficient (Wildman–Crippen LogP) is -0.530. The number of rotatable bonds is 1. The number of carbonyl (C=O) groups is 1. The van der Waals surface area contributed by atoms with E-state index in [-0.39, 0.29) is 19.6 Å². The minimum absolute atomic E-state index is 0.0144. The van der Waals surface area contributed by atoms with E-state index in [0.717, 1.165) is 4.90 Å². The Morgan fingerprint density at radius 3 is 2.82 bits per heavy atom. The minimum atomic E-state index is -1.04. The molecule has 4 nitrogen and oxygen atoms in total. The van der Waals surface area contributed by atoms with Gasteiger partial charge in [0.2, 0.25) is 0 Å². The van der Waals surface area contributed by atoms with E-state index in [0.29, 0.717) is 0 Å². The standard InChI is InChI=1S/C6H11FN2O2/c7-4-1-5(3-10)9(2-4)6(8)11/h4-5,10H,1-3H2,(H2,8,11). The molecule has 1 saturated heterocycles. The number of amides is 2.